The Hall–Kier alpha value is -1.62. The minimum Gasteiger partial charge on any atom is -0.294 e. The summed E-state index contributed by atoms with van der Waals surface area (Å²) in [5.74, 6) is 0.303. The molecule has 1 aromatic carbocycles. The summed E-state index contributed by atoms with van der Waals surface area (Å²) in [7, 11) is 0. The van der Waals surface area contributed by atoms with E-state index in [0.29, 0.717) is 23.4 Å². The van der Waals surface area contributed by atoms with Gasteiger partial charge in [0.25, 0.3) is 0 Å². The van der Waals surface area contributed by atoms with Gasteiger partial charge in [0.1, 0.15) is 0 Å². The Morgan fingerprint density at radius 3 is 2.53 bits per heavy atom. The number of carbonyl (C=O) groups excluding carboxylic acids is 2. The van der Waals surface area contributed by atoms with Crippen LogP contribution in [0.5, 0.6) is 0 Å². The molecule has 5 heteroatoms. The van der Waals surface area contributed by atoms with Crippen LogP contribution in [0, 0.1) is 5.41 Å². The monoisotopic (exact) mass is 248 g/mol. The van der Waals surface area contributed by atoms with E-state index in [-0.39, 0.29) is 16.9 Å². The maximum Gasteiger partial charge on any atom is 0.243 e. The standard InChI is InChI=1S/C12H12N2O2S/c1-2-10(15)8-3-5-9(6-4-8)14-11(16)7-17-12(14)13/h3-6,13H,2,7H2,1H3. The van der Waals surface area contributed by atoms with Crippen molar-refractivity contribution in [1.29, 1.82) is 5.41 Å². The first-order valence-corrected chi connectivity index (χ1v) is 6.29. The number of rotatable bonds is 3. The van der Waals surface area contributed by atoms with Crippen molar-refractivity contribution in [2.75, 3.05) is 10.7 Å². The van der Waals surface area contributed by atoms with Gasteiger partial charge in [-0.15, -0.1) is 0 Å². The second-order valence-electron chi connectivity index (χ2n) is 3.65. The second kappa shape index (κ2) is 4.71. The number of anilines is 1. The number of carbonyl (C=O) groups is 2. The quantitative estimate of drug-likeness (QED) is 0.835. The van der Waals surface area contributed by atoms with Crippen LogP contribution >= 0.6 is 11.8 Å². The van der Waals surface area contributed by atoms with Crippen molar-refractivity contribution in [2.45, 2.75) is 13.3 Å². The molecule has 0 spiro atoms. The fourth-order valence-electron chi connectivity index (χ4n) is 1.63. The van der Waals surface area contributed by atoms with Gasteiger partial charge in [0, 0.05) is 12.0 Å². The summed E-state index contributed by atoms with van der Waals surface area (Å²) in [5, 5.41) is 7.89. The molecule has 1 fully saturated rings. The minimum absolute atomic E-state index is 0.0775. The normalized spacial score (nSPS) is 15.5. The number of amidine groups is 1. The number of benzene rings is 1. The van der Waals surface area contributed by atoms with E-state index >= 15 is 0 Å². The topological polar surface area (TPSA) is 61.2 Å². The van der Waals surface area contributed by atoms with Crippen LogP contribution < -0.4 is 4.90 Å². The first kappa shape index (κ1) is 11.9. The fourth-order valence-corrected chi connectivity index (χ4v) is 2.36. The van der Waals surface area contributed by atoms with E-state index in [4.69, 9.17) is 5.41 Å². The van der Waals surface area contributed by atoms with Gasteiger partial charge in [-0.05, 0) is 24.3 Å². The lowest BCUT2D eigenvalue weighted by Gasteiger charge is -2.14. The van der Waals surface area contributed by atoms with E-state index in [2.05, 4.69) is 0 Å². The van der Waals surface area contributed by atoms with Crippen molar-refractivity contribution < 1.29 is 9.59 Å². The van der Waals surface area contributed by atoms with Crippen LogP contribution in [0.4, 0.5) is 5.69 Å². The number of ketones is 1. The number of amides is 1. The van der Waals surface area contributed by atoms with Gasteiger partial charge in [-0.3, -0.25) is 19.9 Å². The van der Waals surface area contributed by atoms with Crippen LogP contribution in [0.2, 0.25) is 0 Å². The Morgan fingerprint density at radius 2 is 2.06 bits per heavy atom. The van der Waals surface area contributed by atoms with Gasteiger partial charge < -0.3 is 0 Å². The lowest BCUT2D eigenvalue weighted by Crippen LogP contribution is -2.28. The summed E-state index contributed by atoms with van der Waals surface area (Å²) in [6.07, 6.45) is 0.466. The predicted octanol–water partition coefficient (Wildman–Crippen LogP) is 2.29. The van der Waals surface area contributed by atoms with E-state index in [1.165, 1.54) is 16.7 Å². The van der Waals surface area contributed by atoms with Gasteiger partial charge in [0.15, 0.2) is 11.0 Å². The van der Waals surface area contributed by atoms with Crippen molar-refractivity contribution in [1.82, 2.24) is 0 Å². The van der Waals surface area contributed by atoms with Crippen molar-refractivity contribution in [2.24, 2.45) is 0 Å². The molecule has 0 unspecified atom stereocenters. The molecular weight excluding hydrogens is 236 g/mol. The van der Waals surface area contributed by atoms with Gasteiger partial charge in [-0.25, -0.2) is 0 Å². The van der Waals surface area contributed by atoms with Gasteiger partial charge >= 0.3 is 0 Å². The van der Waals surface area contributed by atoms with Gasteiger partial charge in [0.05, 0.1) is 11.4 Å². The summed E-state index contributed by atoms with van der Waals surface area (Å²) in [6.45, 7) is 1.81. The lowest BCUT2D eigenvalue weighted by atomic mass is 10.1. The van der Waals surface area contributed by atoms with E-state index in [1.54, 1.807) is 24.3 Å². The molecule has 4 nitrogen and oxygen atoms in total. The number of hydrogen-bond donors (Lipinski definition) is 1. The number of nitrogens with zero attached hydrogens (tertiary/aromatic N) is 1. The van der Waals surface area contributed by atoms with Gasteiger partial charge in [-0.2, -0.15) is 0 Å². The molecule has 0 atom stereocenters. The summed E-state index contributed by atoms with van der Waals surface area (Å²) in [4.78, 5) is 24.4. The zero-order valence-electron chi connectivity index (χ0n) is 9.40. The highest BCUT2D eigenvalue weighted by molar-refractivity contribution is 8.15. The van der Waals surface area contributed by atoms with Crippen molar-refractivity contribution in [3.05, 3.63) is 29.8 Å². The largest absolute Gasteiger partial charge is 0.294 e. The lowest BCUT2D eigenvalue weighted by molar-refractivity contribution is -0.115. The predicted molar refractivity (Wildman–Crippen MR) is 68.7 cm³/mol. The average molecular weight is 248 g/mol. The fraction of sp³-hybridized carbons (Fsp3) is 0.250. The Labute approximate surface area is 104 Å². The SMILES string of the molecule is CCC(=O)c1ccc(N2C(=N)SCC2=O)cc1. The highest BCUT2D eigenvalue weighted by Crippen LogP contribution is 2.25. The maximum absolute atomic E-state index is 11.6. The van der Waals surface area contributed by atoms with Gasteiger partial charge in [0.2, 0.25) is 5.91 Å². The molecule has 0 saturated carbocycles. The van der Waals surface area contributed by atoms with Crippen molar-refractivity contribution in [3.8, 4) is 0 Å². The minimum atomic E-state index is -0.0884. The number of nitrogens with one attached hydrogen (secondary N) is 1. The first-order valence-electron chi connectivity index (χ1n) is 5.31. The molecule has 1 aliphatic rings. The smallest absolute Gasteiger partial charge is 0.243 e. The summed E-state index contributed by atoms with van der Waals surface area (Å²) >= 11 is 1.22. The van der Waals surface area contributed by atoms with Crippen LogP contribution in [0.25, 0.3) is 0 Å². The third kappa shape index (κ3) is 2.24. The highest BCUT2D eigenvalue weighted by Gasteiger charge is 2.28. The molecule has 17 heavy (non-hydrogen) atoms. The number of Topliss-reactive ketones (excluding diaryl/α,β-unsaturated/α-hetero) is 1. The Bertz CT molecular complexity index is 466. The molecule has 0 aliphatic carbocycles. The van der Waals surface area contributed by atoms with E-state index in [9.17, 15) is 9.59 Å². The first-order chi connectivity index (χ1) is 8.13. The average Bonchev–Trinajstić information content (AvgIpc) is 2.68. The molecule has 1 aromatic rings. The molecule has 0 radical (unpaired) electrons. The summed E-state index contributed by atoms with van der Waals surface area (Å²) in [5.41, 5.74) is 1.29. The van der Waals surface area contributed by atoms with Crippen LogP contribution in [0.1, 0.15) is 23.7 Å². The molecule has 0 bridgehead atoms. The highest BCUT2D eigenvalue weighted by atomic mass is 32.2. The molecule has 1 saturated heterocycles. The molecule has 1 heterocycles. The van der Waals surface area contributed by atoms with Crippen molar-refractivity contribution >= 4 is 34.3 Å². The Morgan fingerprint density at radius 1 is 1.41 bits per heavy atom. The molecular formula is C12H12N2O2S. The van der Waals surface area contributed by atoms with Crippen molar-refractivity contribution in [3.63, 3.8) is 0 Å². The second-order valence-corrected chi connectivity index (χ2v) is 4.61. The molecule has 1 aliphatic heterocycles. The molecule has 1 N–H and O–H groups in total. The van der Waals surface area contributed by atoms with Crippen LogP contribution in [0.15, 0.2) is 24.3 Å². The summed E-state index contributed by atoms with van der Waals surface area (Å²) in [6, 6.07) is 6.82. The zero-order valence-corrected chi connectivity index (χ0v) is 10.2. The molecule has 0 aromatic heterocycles. The van der Waals surface area contributed by atoms with Crippen LogP contribution in [0.3, 0.4) is 0 Å². The van der Waals surface area contributed by atoms with E-state index in [0.717, 1.165) is 0 Å². The Kier molecular flexibility index (Phi) is 3.28. The molecule has 2 rings (SSSR count). The van der Waals surface area contributed by atoms with E-state index in [1.807, 2.05) is 6.92 Å². The van der Waals surface area contributed by atoms with Crippen LogP contribution in [-0.2, 0) is 4.79 Å². The molecule has 1 amide bonds. The number of thioether (sulfide) groups is 1. The maximum atomic E-state index is 11.6. The number of hydrogen-bond acceptors (Lipinski definition) is 4. The third-order valence-electron chi connectivity index (χ3n) is 2.55. The Balaban J connectivity index is 2.26. The molecule has 88 valence electrons. The van der Waals surface area contributed by atoms with Gasteiger partial charge in [-0.1, -0.05) is 18.7 Å². The summed E-state index contributed by atoms with van der Waals surface area (Å²) < 4.78 is 0. The zero-order chi connectivity index (χ0) is 12.4. The third-order valence-corrected chi connectivity index (χ3v) is 3.40. The van der Waals surface area contributed by atoms with E-state index < -0.39 is 0 Å². The van der Waals surface area contributed by atoms with Crippen LogP contribution in [-0.4, -0.2) is 22.6 Å².